The molecule has 0 bridgehead atoms. The largest absolute Gasteiger partial charge is 0.487 e. The van der Waals surface area contributed by atoms with Crippen molar-refractivity contribution in [1.29, 1.82) is 0 Å². The fourth-order valence-electron chi connectivity index (χ4n) is 1.69. The van der Waals surface area contributed by atoms with Crippen LogP contribution in [0.2, 0.25) is 10.0 Å². The van der Waals surface area contributed by atoms with Crippen LogP contribution in [-0.2, 0) is 13.0 Å². The van der Waals surface area contributed by atoms with Crippen molar-refractivity contribution in [2.45, 2.75) is 20.0 Å². The molecule has 0 fully saturated rings. The van der Waals surface area contributed by atoms with Gasteiger partial charge in [-0.3, -0.25) is 0 Å². The smallest absolute Gasteiger partial charge is 0.138 e. The molecule has 18 heavy (non-hydrogen) atoms. The Bertz CT molecular complexity index is 538. The zero-order valence-electron chi connectivity index (χ0n) is 10.1. The van der Waals surface area contributed by atoms with E-state index in [4.69, 9.17) is 27.9 Å². The van der Waals surface area contributed by atoms with Gasteiger partial charge in [0.15, 0.2) is 0 Å². The van der Waals surface area contributed by atoms with E-state index < -0.39 is 0 Å². The maximum absolute atomic E-state index is 6.04. The van der Waals surface area contributed by atoms with Gasteiger partial charge in [0.25, 0.3) is 0 Å². The Labute approximate surface area is 117 Å². The molecule has 94 valence electrons. The minimum absolute atomic E-state index is 0.509. The van der Waals surface area contributed by atoms with Crippen LogP contribution in [0, 0.1) is 0 Å². The predicted molar refractivity (Wildman–Crippen MR) is 76.6 cm³/mol. The normalized spacial score (nSPS) is 10.4. The number of hydrogen-bond donors (Lipinski definition) is 0. The molecule has 0 amide bonds. The summed E-state index contributed by atoms with van der Waals surface area (Å²) >= 11 is 11.9. The van der Waals surface area contributed by atoms with E-state index in [0.29, 0.717) is 22.4 Å². The minimum Gasteiger partial charge on any atom is -0.487 e. The zero-order valence-corrected chi connectivity index (χ0v) is 11.6. The van der Waals surface area contributed by atoms with Crippen molar-refractivity contribution in [2.24, 2.45) is 0 Å². The molecule has 0 saturated heterocycles. The number of ether oxygens (including phenoxy) is 1. The minimum atomic E-state index is 0.509. The first-order valence-corrected chi connectivity index (χ1v) is 6.60. The first kappa shape index (κ1) is 13.3. The van der Waals surface area contributed by atoms with E-state index >= 15 is 0 Å². The lowest BCUT2D eigenvalue weighted by Gasteiger charge is -2.09. The summed E-state index contributed by atoms with van der Waals surface area (Å²) in [7, 11) is 0. The third kappa shape index (κ3) is 3.41. The second kappa shape index (κ2) is 6.12. The average Bonchev–Trinajstić information content (AvgIpc) is 2.38. The van der Waals surface area contributed by atoms with E-state index in [1.54, 1.807) is 18.2 Å². The molecule has 0 N–H and O–H groups in total. The summed E-state index contributed by atoms with van der Waals surface area (Å²) in [5.74, 6) is 0.656. The van der Waals surface area contributed by atoms with Crippen LogP contribution in [0.25, 0.3) is 0 Å². The number of halogens is 2. The van der Waals surface area contributed by atoms with E-state index in [1.165, 1.54) is 5.56 Å². The van der Waals surface area contributed by atoms with Gasteiger partial charge in [0.2, 0.25) is 0 Å². The molecular formula is C15H14Cl2O. The van der Waals surface area contributed by atoms with Crippen LogP contribution in [0.5, 0.6) is 5.75 Å². The molecule has 0 radical (unpaired) electrons. The Morgan fingerprint density at radius 2 is 1.78 bits per heavy atom. The van der Waals surface area contributed by atoms with Gasteiger partial charge in [-0.2, -0.15) is 0 Å². The highest BCUT2D eigenvalue weighted by molar-refractivity contribution is 6.35. The Morgan fingerprint density at radius 3 is 2.50 bits per heavy atom. The maximum atomic E-state index is 6.04. The Morgan fingerprint density at radius 1 is 1.00 bits per heavy atom. The van der Waals surface area contributed by atoms with E-state index in [-0.39, 0.29) is 0 Å². The molecule has 0 spiro atoms. The van der Waals surface area contributed by atoms with Gasteiger partial charge in [0.1, 0.15) is 12.4 Å². The molecule has 0 unspecified atom stereocenters. The third-order valence-electron chi connectivity index (χ3n) is 2.69. The standard InChI is InChI=1S/C15H14Cl2O/c1-2-11-4-3-5-12(8-11)10-18-15-7-6-13(16)9-14(15)17/h3-9H,2,10H2,1H3. The van der Waals surface area contributed by atoms with Crippen LogP contribution in [0.4, 0.5) is 0 Å². The topological polar surface area (TPSA) is 9.23 Å². The predicted octanol–water partition coefficient (Wildman–Crippen LogP) is 5.13. The molecule has 2 aromatic rings. The maximum Gasteiger partial charge on any atom is 0.138 e. The summed E-state index contributed by atoms with van der Waals surface area (Å²) in [5, 5.41) is 1.15. The van der Waals surface area contributed by atoms with Crippen molar-refractivity contribution in [3.05, 3.63) is 63.6 Å². The molecule has 2 aromatic carbocycles. The van der Waals surface area contributed by atoms with Crippen molar-refractivity contribution in [2.75, 3.05) is 0 Å². The zero-order chi connectivity index (χ0) is 13.0. The lowest BCUT2D eigenvalue weighted by Crippen LogP contribution is -1.96. The quantitative estimate of drug-likeness (QED) is 0.754. The molecule has 0 aliphatic heterocycles. The molecule has 0 aromatic heterocycles. The van der Waals surface area contributed by atoms with Gasteiger partial charge < -0.3 is 4.74 Å². The molecular weight excluding hydrogens is 267 g/mol. The number of benzene rings is 2. The van der Waals surface area contributed by atoms with Crippen molar-refractivity contribution in [1.82, 2.24) is 0 Å². The van der Waals surface area contributed by atoms with E-state index in [1.807, 2.05) is 12.1 Å². The summed E-state index contributed by atoms with van der Waals surface area (Å²) in [6, 6.07) is 13.6. The average molecular weight is 281 g/mol. The van der Waals surface area contributed by atoms with Crippen LogP contribution < -0.4 is 4.74 Å². The van der Waals surface area contributed by atoms with Gasteiger partial charge >= 0.3 is 0 Å². The molecule has 0 atom stereocenters. The molecule has 1 nitrogen and oxygen atoms in total. The van der Waals surface area contributed by atoms with E-state index in [2.05, 4.69) is 19.1 Å². The van der Waals surface area contributed by atoms with Gasteiger partial charge in [0.05, 0.1) is 5.02 Å². The molecule has 0 saturated carbocycles. The summed E-state index contributed by atoms with van der Waals surface area (Å²) in [6.07, 6.45) is 1.02. The molecule has 0 aliphatic rings. The lowest BCUT2D eigenvalue weighted by atomic mass is 10.1. The highest BCUT2D eigenvalue weighted by Gasteiger charge is 2.03. The fraction of sp³-hybridized carbons (Fsp3) is 0.200. The number of aryl methyl sites for hydroxylation is 1. The van der Waals surface area contributed by atoms with Crippen LogP contribution in [0.15, 0.2) is 42.5 Å². The van der Waals surface area contributed by atoms with Gasteiger partial charge in [-0.1, -0.05) is 54.4 Å². The van der Waals surface area contributed by atoms with Crippen LogP contribution in [-0.4, -0.2) is 0 Å². The molecule has 3 heteroatoms. The Hall–Kier alpha value is -1.18. The van der Waals surface area contributed by atoms with Gasteiger partial charge in [-0.15, -0.1) is 0 Å². The van der Waals surface area contributed by atoms with Crippen molar-refractivity contribution in [3.63, 3.8) is 0 Å². The van der Waals surface area contributed by atoms with Crippen LogP contribution in [0.3, 0.4) is 0 Å². The van der Waals surface area contributed by atoms with Crippen LogP contribution >= 0.6 is 23.2 Å². The third-order valence-corrected chi connectivity index (χ3v) is 3.22. The van der Waals surface area contributed by atoms with Gasteiger partial charge in [-0.25, -0.2) is 0 Å². The van der Waals surface area contributed by atoms with E-state index in [0.717, 1.165) is 12.0 Å². The van der Waals surface area contributed by atoms with Crippen molar-refractivity contribution >= 4 is 23.2 Å². The monoisotopic (exact) mass is 280 g/mol. The highest BCUT2D eigenvalue weighted by Crippen LogP contribution is 2.28. The second-order valence-electron chi connectivity index (χ2n) is 4.04. The highest BCUT2D eigenvalue weighted by atomic mass is 35.5. The Balaban J connectivity index is 2.06. The second-order valence-corrected chi connectivity index (χ2v) is 4.88. The van der Waals surface area contributed by atoms with Gasteiger partial charge in [-0.05, 0) is 35.7 Å². The number of rotatable bonds is 4. The van der Waals surface area contributed by atoms with Crippen molar-refractivity contribution in [3.8, 4) is 5.75 Å². The van der Waals surface area contributed by atoms with Crippen LogP contribution in [0.1, 0.15) is 18.1 Å². The summed E-state index contributed by atoms with van der Waals surface area (Å²) < 4.78 is 5.69. The molecule has 0 aliphatic carbocycles. The first-order valence-electron chi connectivity index (χ1n) is 5.84. The van der Waals surface area contributed by atoms with Gasteiger partial charge in [0, 0.05) is 5.02 Å². The van der Waals surface area contributed by atoms with Crippen molar-refractivity contribution < 1.29 is 4.74 Å². The number of hydrogen-bond acceptors (Lipinski definition) is 1. The lowest BCUT2D eigenvalue weighted by molar-refractivity contribution is 0.306. The Kier molecular flexibility index (Phi) is 4.51. The fourth-order valence-corrected chi connectivity index (χ4v) is 2.16. The molecule has 2 rings (SSSR count). The summed E-state index contributed by atoms with van der Waals surface area (Å²) in [5.41, 5.74) is 2.44. The SMILES string of the molecule is CCc1cccc(COc2ccc(Cl)cc2Cl)c1. The van der Waals surface area contributed by atoms with E-state index in [9.17, 15) is 0 Å². The molecule has 0 heterocycles. The summed E-state index contributed by atoms with van der Waals surface area (Å²) in [4.78, 5) is 0. The first-order chi connectivity index (χ1) is 8.69. The summed E-state index contributed by atoms with van der Waals surface area (Å²) in [6.45, 7) is 2.64.